The molecule has 0 unspecified atom stereocenters. The molecule has 6 heteroatoms. The predicted molar refractivity (Wildman–Crippen MR) is 125 cm³/mol. The zero-order valence-electron chi connectivity index (χ0n) is 18.8. The van der Waals surface area contributed by atoms with Gasteiger partial charge in [0.2, 0.25) is 0 Å². The van der Waals surface area contributed by atoms with Crippen LogP contribution in [0.1, 0.15) is 49.1 Å². The number of imidazole rings is 1. The number of nitrogens with one attached hydrogen (secondary N) is 1. The van der Waals surface area contributed by atoms with Gasteiger partial charge in [-0.2, -0.15) is 0 Å². The number of furan rings is 1. The molecule has 1 N–H and O–H groups in total. The van der Waals surface area contributed by atoms with Crippen molar-refractivity contribution in [2.24, 2.45) is 0 Å². The summed E-state index contributed by atoms with van der Waals surface area (Å²) in [6.45, 7) is 8.27. The number of aryl methyl sites for hydroxylation is 1. The summed E-state index contributed by atoms with van der Waals surface area (Å²) in [5.41, 5.74) is 3.37. The topological polar surface area (TPSA) is 69.3 Å². The second kappa shape index (κ2) is 9.30. The molecule has 0 aliphatic heterocycles. The third kappa shape index (κ3) is 5.02. The van der Waals surface area contributed by atoms with E-state index in [4.69, 9.17) is 14.1 Å². The minimum absolute atomic E-state index is 0.129. The monoisotopic (exact) mass is 431 g/mol. The van der Waals surface area contributed by atoms with Gasteiger partial charge in [0.15, 0.2) is 5.76 Å². The van der Waals surface area contributed by atoms with Crippen molar-refractivity contribution in [3.63, 3.8) is 0 Å². The molecule has 32 heavy (non-hydrogen) atoms. The number of para-hydroxylation sites is 2. The summed E-state index contributed by atoms with van der Waals surface area (Å²) in [5.74, 6) is 1.72. The first-order chi connectivity index (χ1) is 15.4. The molecule has 4 rings (SSSR count). The predicted octanol–water partition coefficient (Wildman–Crippen LogP) is 5.33. The molecule has 0 saturated carbocycles. The number of nitrogens with zero attached hydrogens (tertiary/aromatic N) is 2. The molecule has 0 aliphatic rings. The van der Waals surface area contributed by atoms with Crippen LogP contribution >= 0.6 is 0 Å². The molecule has 0 fully saturated rings. The molecule has 0 saturated heterocycles. The van der Waals surface area contributed by atoms with Gasteiger partial charge in [-0.25, -0.2) is 4.98 Å². The van der Waals surface area contributed by atoms with E-state index < -0.39 is 0 Å². The first kappa shape index (κ1) is 21.7. The highest BCUT2D eigenvalue weighted by Crippen LogP contribution is 2.24. The van der Waals surface area contributed by atoms with Crippen molar-refractivity contribution >= 4 is 16.9 Å². The van der Waals surface area contributed by atoms with Gasteiger partial charge in [-0.1, -0.05) is 45.0 Å². The molecule has 2 heterocycles. The van der Waals surface area contributed by atoms with E-state index in [1.54, 1.807) is 12.1 Å². The molecule has 0 spiro atoms. The third-order valence-corrected chi connectivity index (χ3v) is 5.40. The van der Waals surface area contributed by atoms with Gasteiger partial charge < -0.3 is 19.0 Å². The highest BCUT2D eigenvalue weighted by Gasteiger charge is 2.14. The Morgan fingerprint density at radius 1 is 1.06 bits per heavy atom. The molecular weight excluding hydrogens is 402 g/mol. The average Bonchev–Trinajstić information content (AvgIpc) is 3.43. The van der Waals surface area contributed by atoms with Crippen LogP contribution in [0.15, 0.2) is 71.3 Å². The number of aromatic nitrogens is 2. The van der Waals surface area contributed by atoms with Crippen LogP contribution in [-0.4, -0.2) is 22.1 Å². The minimum Gasteiger partial charge on any atom is -0.494 e. The largest absolute Gasteiger partial charge is 0.494 e. The Kier molecular flexibility index (Phi) is 6.30. The molecule has 166 valence electrons. The smallest absolute Gasteiger partial charge is 0.287 e. The lowest BCUT2D eigenvalue weighted by atomic mass is 9.87. The quantitative estimate of drug-likeness (QED) is 0.383. The van der Waals surface area contributed by atoms with E-state index in [0.717, 1.165) is 35.6 Å². The van der Waals surface area contributed by atoms with Crippen molar-refractivity contribution in [2.45, 2.75) is 45.7 Å². The average molecular weight is 432 g/mol. The van der Waals surface area contributed by atoms with Crippen molar-refractivity contribution in [1.29, 1.82) is 0 Å². The highest BCUT2D eigenvalue weighted by atomic mass is 16.5. The molecule has 0 atom stereocenters. The standard InChI is InChI=1S/C26H29N3O3/c1-26(2,3)19-11-13-20(14-12-19)31-17-7-15-29-22-9-5-4-8-21(22)28-24(29)18-27-25(30)23-10-6-16-32-23/h4-6,8-14,16H,7,15,17-18H2,1-3H3,(H,27,30). The van der Waals surface area contributed by atoms with Crippen LogP contribution in [0.5, 0.6) is 5.75 Å². The summed E-state index contributed by atoms with van der Waals surface area (Å²) in [7, 11) is 0. The first-order valence-corrected chi connectivity index (χ1v) is 10.9. The van der Waals surface area contributed by atoms with E-state index in [1.165, 1.54) is 11.8 Å². The Bertz CT molecular complexity index is 1170. The lowest BCUT2D eigenvalue weighted by Gasteiger charge is -2.19. The van der Waals surface area contributed by atoms with Crippen LogP contribution in [0, 0.1) is 0 Å². The number of benzene rings is 2. The fourth-order valence-electron chi connectivity index (χ4n) is 3.63. The second-order valence-corrected chi connectivity index (χ2v) is 8.80. The molecule has 0 bridgehead atoms. The van der Waals surface area contributed by atoms with Gasteiger partial charge in [-0.3, -0.25) is 4.79 Å². The van der Waals surface area contributed by atoms with Gasteiger partial charge in [0.05, 0.1) is 30.4 Å². The fraction of sp³-hybridized carbons (Fsp3) is 0.308. The van der Waals surface area contributed by atoms with Crippen molar-refractivity contribution < 1.29 is 13.9 Å². The Balaban J connectivity index is 1.38. The van der Waals surface area contributed by atoms with Crippen molar-refractivity contribution in [3.8, 4) is 5.75 Å². The summed E-state index contributed by atoms with van der Waals surface area (Å²) in [6, 6.07) is 19.6. The summed E-state index contributed by atoms with van der Waals surface area (Å²) >= 11 is 0. The van der Waals surface area contributed by atoms with Crippen LogP contribution in [0.3, 0.4) is 0 Å². The maximum absolute atomic E-state index is 12.2. The Morgan fingerprint density at radius 3 is 2.56 bits per heavy atom. The second-order valence-electron chi connectivity index (χ2n) is 8.80. The molecule has 0 aliphatic carbocycles. The van der Waals surface area contributed by atoms with Crippen LogP contribution in [0.25, 0.3) is 11.0 Å². The number of carbonyl (C=O) groups is 1. The van der Waals surface area contributed by atoms with E-state index in [2.05, 4.69) is 42.8 Å². The first-order valence-electron chi connectivity index (χ1n) is 10.9. The SMILES string of the molecule is CC(C)(C)c1ccc(OCCCn2c(CNC(=O)c3ccco3)nc3ccccc32)cc1. The zero-order valence-corrected chi connectivity index (χ0v) is 18.8. The van der Waals surface area contributed by atoms with Crippen LogP contribution in [0.2, 0.25) is 0 Å². The molecule has 1 amide bonds. The molecular formula is C26H29N3O3. The number of ether oxygens (including phenoxy) is 1. The van der Waals surface area contributed by atoms with Crippen LogP contribution in [0.4, 0.5) is 0 Å². The third-order valence-electron chi connectivity index (χ3n) is 5.40. The number of fused-ring (bicyclic) bond motifs is 1. The summed E-state index contributed by atoms with van der Waals surface area (Å²) < 4.78 is 13.3. The fourth-order valence-corrected chi connectivity index (χ4v) is 3.63. The van der Waals surface area contributed by atoms with Crippen molar-refractivity contribution in [3.05, 3.63) is 84.1 Å². The number of hydrogen-bond acceptors (Lipinski definition) is 4. The van der Waals surface area contributed by atoms with Gasteiger partial charge in [0.25, 0.3) is 5.91 Å². The van der Waals surface area contributed by atoms with Crippen molar-refractivity contribution in [2.75, 3.05) is 6.61 Å². The van der Waals surface area contributed by atoms with E-state index >= 15 is 0 Å². The van der Waals surface area contributed by atoms with Gasteiger partial charge in [0.1, 0.15) is 11.6 Å². The Labute approximate surface area is 188 Å². The maximum atomic E-state index is 12.2. The Morgan fingerprint density at radius 2 is 1.84 bits per heavy atom. The van der Waals surface area contributed by atoms with E-state index in [-0.39, 0.29) is 11.3 Å². The maximum Gasteiger partial charge on any atom is 0.287 e. The number of hydrogen-bond donors (Lipinski definition) is 1. The number of carbonyl (C=O) groups excluding carboxylic acids is 1. The molecule has 2 aromatic heterocycles. The lowest BCUT2D eigenvalue weighted by Crippen LogP contribution is -2.24. The van der Waals surface area contributed by atoms with E-state index in [0.29, 0.717) is 18.9 Å². The molecule has 6 nitrogen and oxygen atoms in total. The number of rotatable bonds is 8. The summed E-state index contributed by atoms with van der Waals surface area (Å²) in [4.78, 5) is 17.0. The van der Waals surface area contributed by atoms with Gasteiger partial charge in [-0.15, -0.1) is 0 Å². The van der Waals surface area contributed by atoms with Gasteiger partial charge in [0, 0.05) is 6.54 Å². The molecule has 0 radical (unpaired) electrons. The van der Waals surface area contributed by atoms with Gasteiger partial charge >= 0.3 is 0 Å². The summed E-state index contributed by atoms with van der Waals surface area (Å²) in [6.07, 6.45) is 2.31. The van der Waals surface area contributed by atoms with E-state index in [1.807, 2.05) is 36.4 Å². The Hall–Kier alpha value is -3.54. The summed E-state index contributed by atoms with van der Waals surface area (Å²) in [5, 5.41) is 2.89. The lowest BCUT2D eigenvalue weighted by molar-refractivity contribution is 0.0921. The molecule has 4 aromatic rings. The van der Waals surface area contributed by atoms with Crippen LogP contribution in [-0.2, 0) is 18.5 Å². The zero-order chi connectivity index (χ0) is 22.6. The normalized spacial score (nSPS) is 11.6. The van der Waals surface area contributed by atoms with Gasteiger partial charge in [-0.05, 0) is 53.8 Å². The minimum atomic E-state index is -0.254. The number of amides is 1. The van der Waals surface area contributed by atoms with E-state index in [9.17, 15) is 4.79 Å². The van der Waals surface area contributed by atoms with Crippen LogP contribution < -0.4 is 10.1 Å². The van der Waals surface area contributed by atoms with Crippen molar-refractivity contribution in [1.82, 2.24) is 14.9 Å². The highest BCUT2D eigenvalue weighted by molar-refractivity contribution is 5.91. The molecule has 2 aromatic carbocycles.